The number of carbonyl (C=O) groups is 2. The number of rotatable bonds is 6. The van der Waals surface area contributed by atoms with E-state index in [2.05, 4.69) is 5.10 Å². The number of hydrogen-bond donors (Lipinski definition) is 0. The largest absolute Gasteiger partial charge is 0.466 e. The van der Waals surface area contributed by atoms with Gasteiger partial charge in [0.25, 0.3) is 11.5 Å². The molecule has 1 aliphatic rings. The number of nitrogens with zero attached hydrogens (tertiary/aromatic N) is 4. The van der Waals surface area contributed by atoms with Gasteiger partial charge in [0, 0.05) is 13.1 Å². The summed E-state index contributed by atoms with van der Waals surface area (Å²) in [4.78, 5) is 53.7. The van der Waals surface area contributed by atoms with Gasteiger partial charge in [0.05, 0.1) is 30.3 Å². The second kappa shape index (κ2) is 11.0. The van der Waals surface area contributed by atoms with Crippen LogP contribution < -0.4 is 11.2 Å². The molecule has 1 amide bonds. The molecule has 9 nitrogen and oxygen atoms in total. The standard InChI is InChI=1S/C26H25F3N4O5/c1-2-38-24(36)18-7-6-14-31(16-18)22(34)21-23(35)32(15-17-10-12-19(13-11-17)26(27,28)29)25(37)33(30-21)20-8-4-3-5-9-20/h3-5,8-13,18H,2,6-7,14-16H2,1H3/t18-/m1/s1. The average molecular weight is 531 g/mol. The topological polar surface area (TPSA) is 104 Å². The van der Waals surface area contributed by atoms with Crippen molar-refractivity contribution in [1.82, 2.24) is 19.2 Å². The van der Waals surface area contributed by atoms with Crippen molar-refractivity contribution in [2.24, 2.45) is 5.92 Å². The monoisotopic (exact) mass is 530 g/mol. The molecular formula is C26H25F3N4O5. The van der Waals surface area contributed by atoms with E-state index >= 15 is 0 Å². The minimum Gasteiger partial charge on any atom is -0.466 e. The van der Waals surface area contributed by atoms with Crippen molar-refractivity contribution >= 4 is 11.9 Å². The molecule has 0 radical (unpaired) electrons. The first-order valence-corrected chi connectivity index (χ1v) is 12.0. The van der Waals surface area contributed by atoms with Gasteiger partial charge in [0.1, 0.15) is 0 Å². The smallest absolute Gasteiger partial charge is 0.416 e. The maximum absolute atomic E-state index is 13.5. The molecule has 1 aliphatic heterocycles. The molecule has 12 heteroatoms. The summed E-state index contributed by atoms with van der Waals surface area (Å²) in [6.07, 6.45) is -3.51. The fourth-order valence-electron chi connectivity index (χ4n) is 4.27. The minimum absolute atomic E-state index is 0.0299. The number of carbonyl (C=O) groups excluding carboxylic acids is 2. The van der Waals surface area contributed by atoms with Gasteiger partial charge in [-0.15, -0.1) is 0 Å². The molecule has 0 saturated carbocycles. The first kappa shape index (κ1) is 26.8. The Morgan fingerprint density at radius 3 is 2.37 bits per heavy atom. The van der Waals surface area contributed by atoms with Gasteiger partial charge in [-0.3, -0.25) is 19.0 Å². The molecule has 200 valence electrons. The lowest BCUT2D eigenvalue weighted by molar-refractivity contribution is -0.149. The van der Waals surface area contributed by atoms with Crippen molar-refractivity contribution in [2.75, 3.05) is 19.7 Å². The van der Waals surface area contributed by atoms with Crippen molar-refractivity contribution in [3.63, 3.8) is 0 Å². The van der Waals surface area contributed by atoms with E-state index in [1.807, 2.05) is 0 Å². The Bertz CT molecular complexity index is 1430. The molecule has 0 unspecified atom stereocenters. The van der Waals surface area contributed by atoms with Crippen LogP contribution in [0.15, 0.2) is 64.2 Å². The van der Waals surface area contributed by atoms with Crippen molar-refractivity contribution in [3.05, 3.63) is 92.3 Å². The summed E-state index contributed by atoms with van der Waals surface area (Å²) in [5.74, 6) is -1.75. The first-order valence-electron chi connectivity index (χ1n) is 12.0. The Balaban J connectivity index is 1.75. The average Bonchev–Trinajstić information content (AvgIpc) is 2.91. The number of hydrogen-bond acceptors (Lipinski definition) is 6. The van der Waals surface area contributed by atoms with E-state index in [9.17, 15) is 32.3 Å². The van der Waals surface area contributed by atoms with Crippen LogP contribution in [0.1, 0.15) is 41.4 Å². The predicted octanol–water partition coefficient (Wildman–Crippen LogP) is 2.88. The molecule has 3 aromatic rings. The van der Waals surface area contributed by atoms with E-state index in [0.29, 0.717) is 12.8 Å². The number of halogens is 3. The van der Waals surface area contributed by atoms with Crippen LogP contribution in [0.5, 0.6) is 0 Å². The molecule has 2 aromatic carbocycles. The Morgan fingerprint density at radius 1 is 1.05 bits per heavy atom. The second-order valence-electron chi connectivity index (χ2n) is 8.81. The van der Waals surface area contributed by atoms with Crippen LogP contribution in [-0.4, -0.2) is 50.8 Å². The summed E-state index contributed by atoms with van der Waals surface area (Å²) in [7, 11) is 0. The van der Waals surface area contributed by atoms with Crippen LogP contribution in [0.4, 0.5) is 13.2 Å². The predicted molar refractivity (Wildman–Crippen MR) is 130 cm³/mol. The molecular weight excluding hydrogens is 505 g/mol. The summed E-state index contributed by atoms with van der Waals surface area (Å²) in [6.45, 7) is 1.80. The number of alkyl halides is 3. The summed E-state index contributed by atoms with van der Waals surface area (Å²) >= 11 is 0. The lowest BCUT2D eigenvalue weighted by Crippen LogP contribution is -2.49. The molecule has 4 rings (SSSR count). The zero-order valence-electron chi connectivity index (χ0n) is 20.5. The number of ether oxygens (including phenoxy) is 1. The molecule has 0 aliphatic carbocycles. The maximum Gasteiger partial charge on any atom is 0.416 e. The summed E-state index contributed by atoms with van der Waals surface area (Å²) in [6, 6.07) is 12.2. The third-order valence-corrected chi connectivity index (χ3v) is 6.21. The molecule has 0 spiro atoms. The van der Waals surface area contributed by atoms with E-state index in [1.54, 1.807) is 37.3 Å². The lowest BCUT2D eigenvalue weighted by atomic mass is 9.98. The highest BCUT2D eigenvalue weighted by atomic mass is 19.4. The Morgan fingerprint density at radius 2 is 1.74 bits per heavy atom. The zero-order chi connectivity index (χ0) is 27.4. The fourth-order valence-corrected chi connectivity index (χ4v) is 4.27. The van der Waals surface area contributed by atoms with Crippen LogP contribution >= 0.6 is 0 Å². The van der Waals surface area contributed by atoms with Crippen molar-refractivity contribution in [3.8, 4) is 5.69 Å². The normalized spacial score (nSPS) is 15.8. The summed E-state index contributed by atoms with van der Waals surface area (Å²) < 4.78 is 45.6. The highest BCUT2D eigenvalue weighted by molar-refractivity contribution is 5.92. The van der Waals surface area contributed by atoms with Crippen molar-refractivity contribution < 1.29 is 27.5 Å². The Labute approximate surface area is 215 Å². The molecule has 2 heterocycles. The molecule has 1 saturated heterocycles. The summed E-state index contributed by atoms with van der Waals surface area (Å²) in [5, 5.41) is 4.09. The number of esters is 1. The van der Waals surface area contributed by atoms with Gasteiger partial charge in [0.15, 0.2) is 0 Å². The summed E-state index contributed by atoms with van der Waals surface area (Å²) in [5.41, 5.74) is -2.71. The minimum atomic E-state index is -4.54. The van der Waals surface area contributed by atoms with E-state index in [1.165, 1.54) is 4.90 Å². The van der Waals surface area contributed by atoms with Crippen LogP contribution in [0.25, 0.3) is 5.69 Å². The van der Waals surface area contributed by atoms with Gasteiger partial charge >= 0.3 is 17.8 Å². The van der Waals surface area contributed by atoms with Crippen LogP contribution in [-0.2, 0) is 22.3 Å². The van der Waals surface area contributed by atoms with Crippen molar-refractivity contribution in [1.29, 1.82) is 0 Å². The molecule has 1 aromatic heterocycles. The van der Waals surface area contributed by atoms with E-state index in [4.69, 9.17) is 4.74 Å². The van der Waals surface area contributed by atoms with Crippen LogP contribution in [0.2, 0.25) is 0 Å². The third-order valence-electron chi connectivity index (χ3n) is 6.21. The van der Waals surface area contributed by atoms with E-state index in [0.717, 1.165) is 33.5 Å². The Hall–Kier alpha value is -4.22. The van der Waals surface area contributed by atoms with Crippen molar-refractivity contribution in [2.45, 2.75) is 32.5 Å². The molecule has 38 heavy (non-hydrogen) atoms. The molecule has 1 fully saturated rings. The third kappa shape index (κ3) is 5.68. The second-order valence-corrected chi connectivity index (χ2v) is 8.81. The highest BCUT2D eigenvalue weighted by Crippen LogP contribution is 2.29. The van der Waals surface area contributed by atoms with Gasteiger partial charge < -0.3 is 9.64 Å². The zero-order valence-corrected chi connectivity index (χ0v) is 20.5. The highest BCUT2D eigenvalue weighted by Gasteiger charge is 2.33. The SMILES string of the molecule is CCOC(=O)[C@@H]1CCCN(C(=O)c2nn(-c3ccccc3)c(=O)n(Cc3ccc(C(F)(F)F)cc3)c2=O)C1. The van der Waals surface area contributed by atoms with E-state index in [-0.39, 0.29) is 37.5 Å². The first-order chi connectivity index (χ1) is 18.1. The van der Waals surface area contributed by atoms with Gasteiger partial charge in [-0.2, -0.15) is 23.0 Å². The fraction of sp³-hybridized carbons (Fsp3) is 0.346. The van der Waals surface area contributed by atoms with Gasteiger partial charge in [-0.25, -0.2) is 4.79 Å². The number of aromatic nitrogens is 3. The molecule has 1 atom stereocenters. The molecule has 0 bridgehead atoms. The van der Waals surface area contributed by atoms with Gasteiger partial charge in [0.2, 0.25) is 5.69 Å². The quantitative estimate of drug-likeness (QED) is 0.454. The number of benzene rings is 2. The van der Waals surface area contributed by atoms with Crippen LogP contribution in [0.3, 0.4) is 0 Å². The number of amides is 1. The van der Waals surface area contributed by atoms with Crippen LogP contribution in [0, 0.1) is 5.92 Å². The lowest BCUT2D eigenvalue weighted by Gasteiger charge is -2.31. The number of likely N-dealkylation sites (tertiary alicyclic amines) is 1. The number of para-hydroxylation sites is 1. The number of piperidine rings is 1. The maximum atomic E-state index is 13.5. The van der Waals surface area contributed by atoms with Gasteiger partial charge in [-0.05, 0) is 49.6 Å². The van der Waals surface area contributed by atoms with Gasteiger partial charge in [-0.1, -0.05) is 30.3 Å². The molecule has 0 N–H and O–H groups in total. The van der Waals surface area contributed by atoms with E-state index < -0.39 is 46.5 Å². The Kier molecular flexibility index (Phi) is 7.79.